The zero-order valence-electron chi connectivity index (χ0n) is 13.4. The number of carbonyl (C=O) groups is 1. The third kappa shape index (κ3) is 2.02. The zero-order chi connectivity index (χ0) is 15.4. The van der Waals surface area contributed by atoms with Crippen LogP contribution >= 0.6 is 0 Å². The highest BCUT2D eigenvalue weighted by molar-refractivity contribution is 5.91. The number of aryl methyl sites for hydroxylation is 1. The van der Waals surface area contributed by atoms with Crippen molar-refractivity contribution in [1.82, 2.24) is 0 Å². The summed E-state index contributed by atoms with van der Waals surface area (Å²) in [5.74, 6) is 3.02. The maximum Gasteiger partial charge on any atom is 0.155 e. The van der Waals surface area contributed by atoms with Gasteiger partial charge in [0.15, 0.2) is 5.78 Å². The molecule has 3 aliphatic carbocycles. The van der Waals surface area contributed by atoms with Gasteiger partial charge in [0.25, 0.3) is 0 Å². The van der Waals surface area contributed by atoms with Gasteiger partial charge in [-0.1, -0.05) is 42.5 Å². The standard InChI is InChI=1S/C22H22O/c23-16-7-10-18-15(13-16)6-9-22-20(18)12-11-19-17-4-2-1-3-14(17)5-8-21(19)22/h1-5,7-8,10,15,18,20,22H,6,9,11-13H2. The van der Waals surface area contributed by atoms with E-state index in [0.29, 0.717) is 23.5 Å². The van der Waals surface area contributed by atoms with E-state index in [2.05, 4.69) is 42.5 Å². The van der Waals surface area contributed by atoms with E-state index < -0.39 is 0 Å². The van der Waals surface area contributed by atoms with Crippen molar-refractivity contribution in [3.05, 3.63) is 59.7 Å². The molecule has 1 nitrogen and oxygen atoms in total. The van der Waals surface area contributed by atoms with Crippen molar-refractivity contribution in [2.24, 2.45) is 17.8 Å². The number of hydrogen-bond donors (Lipinski definition) is 0. The fourth-order valence-electron chi connectivity index (χ4n) is 5.57. The Kier molecular flexibility index (Phi) is 2.98. The van der Waals surface area contributed by atoms with Gasteiger partial charge >= 0.3 is 0 Å². The molecule has 1 heteroatoms. The van der Waals surface area contributed by atoms with Crippen molar-refractivity contribution < 1.29 is 4.79 Å². The van der Waals surface area contributed by atoms with E-state index in [-0.39, 0.29) is 0 Å². The molecule has 0 bridgehead atoms. The van der Waals surface area contributed by atoms with Crippen molar-refractivity contribution in [2.45, 2.75) is 38.0 Å². The first-order valence-corrected chi connectivity index (χ1v) is 9.03. The Balaban J connectivity index is 1.59. The summed E-state index contributed by atoms with van der Waals surface area (Å²) in [7, 11) is 0. The van der Waals surface area contributed by atoms with Crippen LogP contribution in [0.2, 0.25) is 0 Å². The lowest BCUT2D eigenvalue weighted by Gasteiger charge is -2.46. The van der Waals surface area contributed by atoms with Crippen LogP contribution in [0, 0.1) is 17.8 Å². The molecular formula is C22H22O. The van der Waals surface area contributed by atoms with Crippen molar-refractivity contribution in [1.29, 1.82) is 0 Å². The minimum absolute atomic E-state index is 0.340. The Labute approximate surface area is 137 Å². The fourth-order valence-corrected chi connectivity index (χ4v) is 5.57. The molecule has 1 saturated carbocycles. The number of ketones is 1. The maximum atomic E-state index is 11.7. The molecule has 0 aliphatic heterocycles. The number of carbonyl (C=O) groups excluding carboxylic acids is 1. The number of fused-ring (bicyclic) bond motifs is 7. The molecule has 2 aromatic rings. The van der Waals surface area contributed by atoms with Gasteiger partial charge in [0.1, 0.15) is 0 Å². The molecular weight excluding hydrogens is 280 g/mol. The zero-order valence-corrected chi connectivity index (χ0v) is 13.4. The second-order valence-corrected chi connectivity index (χ2v) is 7.61. The lowest BCUT2D eigenvalue weighted by Crippen LogP contribution is -2.38. The van der Waals surface area contributed by atoms with Crippen LogP contribution in [0.4, 0.5) is 0 Å². The van der Waals surface area contributed by atoms with Gasteiger partial charge in [-0.15, -0.1) is 0 Å². The molecule has 23 heavy (non-hydrogen) atoms. The van der Waals surface area contributed by atoms with Crippen molar-refractivity contribution in [3.8, 4) is 0 Å². The second kappa shape index (κ2) is 5.06. The minimum atomic E-state index is 0.340. The topological polar surface area (TPSA) is 17.1 Å². The number of allylic oxidation sites excluding steroid dienone is 2. The van der Waals surface area contributed by atoms with Gasteiger partial charge in [-0.05, 0) is 77.3 Å². The number of hydrogen-bond acceptors (Lipinski definition) is 1. The van der Waals surface area contributed by atoms with Gasteiger partial charge in [-0.3, -0.25) is 4.79 Å². The van der Waals surface area contributed by atoms with Gasteiger partial charge in [0, 0.05) is 6.42 Å². The lowest BCUT2D eigenvalue weighted by molar-refractivity contribution is -0.117. The Morgan fingerprint density at radius 1 is 0.957 bits per heavy atom. The average molecular weight is 302 g/mol. The molecule has 1 fully saturated rings. The Hall–Kier alpha value is -1.89. The molecule has 2 aromatic carbocycles. The summed E-state index contributed by atoms with van der Waals surface area (Å²) >= 11 is 0. The van der Waals surface area contributed by atoms with Crippen LogP contribution in [0.5, 0.6) is 0 Å². The van der Waals surface area contributed by atoms with E-state index in [1.807, 2.05) is 6.08 Å². The normalized spacial score (nSPS) is 32.3. The molecule has 3 aliphatic rings. The SMILES string of the molecule is O=C1C=CC2C(CCC3c4ccc5ccccc5c4CCC32)C1. The Morgan fingerprint density at radius 2 is 1.87 bits per heavy atom. The van der Waals surface area contributed by atoms with E-state index in [0.717, 1.165) is 12.3 Å². The summed E-state index contributed by atoms with van der Waals surface area (Å²) in [4.78, 5) is 11.7. The minimum Gasteiger partial charge on any atom is -0.295 e. The summed E-state index contributed by atoms with van der Waals surface area (Å²) in [5.41, 5.74) is 3.20. The fraction of sp³-hybridized carbons (Fsp3) is 0.409. The van der Waals surface area contributed by atoms with Crippen molar-refractivity contribution in [2.75, 3.05) is 0 Å². The van der Waals surface area contributed by atoms with Crippen LogP contribution in [0.1, 0.15) is 42.7 Å². The third-order valence-corrected chi connectivity index (χ3v) is 6.58. The molecule has 4 atom stereocenters. The van der Waals surface area contributed by atoms with Crippen LogP contribution in [0.25, 0.3) is 10.8 Å². The summed E-state index contributed by atoms with van der Waals surface area (Å²) in [6.07, 6.45) is 9.86. The van der Waals surface area contributed by atoms with Crippen LogP contribution in [0.15, 0.2) is 48.6 Å². The molecule has 0 N–H and O–H groups in total. The monoisotopic (exact) mass is 302 g/mol. The highest BCUT2D eigenvalue weighted by Crippen LogP contribution is 2.52. The molecule has 0 aromatic heterocycles. The molecule has 0 radical (unpaired) electrons. The smallest absolute Gasteiger partial charge is 0.155 e. The van der Waals surface area contributed by atoms with E-state index >= 15 is 0 Å². The highest BCUT2D eigenvalue weighted by Gasteiger charge is 2.42. The largest absolute Gasteiger partial charge is 0.295 e. The third-order valence-electron chi connectivity index (χ3n) is 6.58. The van der Waals surface area contributed by atoms with E-state index in [9.17, 15) is 4.79 Å². The maximum absolute atomic E-state index is 11.7. The van der Waals surface area contributed by atoms with Crippen LogP contribution in [-0.4, -0.2) is 5.78 Å². The van der Waals surface area contributed by atoms with Gasteiger partial charge in [0.05, 0.1) is 0 Å². The predicted molar refractivity (Wildman–Crippen MR) is 93.5 cm³/mol. The van der Waals surface area contributed by atoms with Gasteiger partial charge < -0.3 is 0 Å². The number of rotatable bonds is 0. The molecule has 0 spiro atoms. The van der Waals surface area contributed by atoms with Gasteiger partial charge in [0.2, 0.25) is 0 Å². The first-order chi connectivity index (χ1) is 11.3. The van der Waals surface area contributed by atoms with Gasteiger partial charge in [-0.25, -0.2) is 0 Å². The van der Waals surface area contributed by atoms with Crippen molar-refractivity contribution in [3.63, 3.8) is 0 Å². The lowest BCUT2D eigenvalue weighted by atomic mass is 9.58. The molecule has 0 heterocycles. The predicted octanol–water partition coefficient (Wildman–Crippen LogP) is 5.04. The Morgan fingerprint density at radius 3 is 2.83 bits per heavy atom. The highest BCUT2D eigenvalue weighted by atomic mass is 16.1. The summed E-state index contributed by atoms with van der Waals surface area (Å²) in [6.45, 7) is 0. The molecule has 0 amide bonds. The van der Waals surface area contributed by atoms with Crippen LogP contribution in [0.3, 0.4) is 0 Å². The van der Waals surface area contributed by atoms with E-state index in [1.165, 1.54) is 36.5 Å². The van der Waals surface area contributed by atoms with Crippen molar-refractivity contribution >= 4 is 16.6 Å². The summed E-state index contributed by atoms with van der Waals surface area (Å²) in [5, 5.41) is 2.83. The second-order valence-electron chi connectivity index (χ2n) is 7.61. The van der Waals surface area contributed by atoms with Crippen LogP contribution < -0.4 is 0 Å². The molecule has 116 valence electrons. The summed E-state index contributed by atoms with van der Waals surface area (Å²) in [6, 6.07) is 13.5. The van der Waals surface area contributed by atoms with Crippen LogP contribution in [-0.2, 0) is 11.2 Å². The molecule has 4 unspecified atom stereocenters. The first kappa shape index (κ1) is 13.5. The summed E-state index contributed by atoms with van der Waals surface area (Å²) < 4.78 is 0. The van der Waals surface area contributed by atoms with E-state index in [1.54, 1.807) is 11.1 Å². The first-order valence-electron chi connectivity index (χ1n) is 9.03. The Bertz CT molecular complexity index is 816. The quantitative estimate of drug-likeness (QED) is 0.666. The van der Waals surface area contributed by atoms with Gasteiger partial charge in [-0.2, -0.15) is 0 Å². The molecule has 5 rings (SSSR count). The number of benzene rings is 2. The van der Waals surface area contributed by atoms with E-state index in [4.69, 9.17) is 0 Å². The average Bonchev–Trinajstić information content (AvgIpc) is 2.60. The molecule has 0 saturated heterocycles.